The summed E-state index contributed by atoms with van der Waals surface area (Å²) in [5.74, 6) is -0.404. The van der Waals surface area contributed by atoms with E-state index >= 15 is 0 Å². The van der Waals surface area contributed by atoms with Crippen molar-refractivity contribution in [1.29, 1.82) is 0 Å². The minimum Gasteiger partial charge on any atom is -0.360 e. The summed E-state index contributed by atoms with van der Waals surface area (Å²) in [5.41, 5.74) is 1.58. The second-order valence-electron chi connectivity index (χ2n) is 5.40. The molecule has 0 saturated carbocycles. The maximum absolute atomic E-state index is 12.7. The van der Waals surface area contributed by atoms with Crippen molar-refractivity contribution in [3.05, 3.63) is 64.0 Å². The summed E-state index contributed by atoms with van der Waals surface area (Å²) in [5, 5.41) is 10.2. The number of anilines is 1. The first-order valence-corrected chi connectivity index (χ1v) is 8.38. The molecule has 0 fully saturated rings. The van der Waals surface area contributed by atoms with Crippen LogP contribution in [0.5, 0.6) is 0 Å². The molecule has 1 aromatic carbocycles. The Bertz CT molecular complexity index is 1130. The summed E-state index contributed by atoms with van der Waals surface area (Å²) in [6.45, 7) is 0. The van der Waals surface area contributed by atoms with Crippen LogP contribution in [-0.2, 0) is 7.05 Å². The van der Waals surface area contributed by atoms with Gasteiger partial charge in [-0.2, -0.15) is 5.10 Å². The Morgan fingerprint density at radius 3 is 2.76 bits per heavy atom. The number of fused-ring (bicyclic) bond motifs is 1. The number of aromatic nitrogens is 4. The SMILES string of the molecule is Cn1nc(C(=O)Nc2nc(-c3ccc[nH]3)cs2)c2ccccc2c1=O. The summed E-state index contributed by atoms with van der Waals surface area (Å²) in [6.07, 6.45) is 1.81. The van der Waals surface area contributed by atoms with Crippen molar-refractivity contribution >= 4 is 33.1 Å². The summed E-state index contributed by atoms with van der Waals surface area (Å²) >= 11 is 1.32. The molecule has 25 heavy (non-hydrogen) atoms. The number of carbonyl (C=O) groups excluding carboxylic acids is 1. The molecule has 7 nitrogen and oxygen atoms in total. The number of aryl methyl sites for hydroxylation is 1. The number of rotatable bonds is 3. The zero-order valence-corrected chi connectivity index (χ0v) is 14.0. The molecule has 1 amide bonds. The third-order valence-electron chi connectivity index (χ3n) is 3.77. The molecular weight excluding hydrogens is 338 g/mol. The van der Waals surface area contributed by atoms with Crippen molar-refractivity contribution in [3.8, 4) is 11.4 Å². The van der Waals surface area contributed by atoms with E-state index in [2.05, 4.69) is 20.4 Å². The third kappa shape index (κ3) is 2.72. The number of aromatic amines is 1. The molecule has 0 aliphatic carbocycles. The number of H-pyrrole nitrogens is 1. The number of hydrogen-bond acceptors (Lipinski definition) is 5. The number of thiazole rings is 1. The highest BCUT2D eigenvalue weighted by molar-refractivity contribution is 7.14. The van der Waals surface area contributed by atoms with Crippen LogP contribution >= 0.6 is 11.3 Å². The smallest absolute Gasteiger partial charge is 0.278 e. The number of nitrogens with one attached hydrogen (secondary N) is 2. The molecule has 0 aliphatic rings. The second-order valence-corrected chi connectivity index (χ2v) is 6.26. The molecule has 124 valence electrons. The van der Waals surface area contributed by atoms with Gasteiger partial charge in [0.15, 0.2) is 10.8 Å². The van der Waals surface area contributed by atoms with Gasteiger partial charge in [0, 0.05) is 24.0 Å². The van der Waals surface area contributed by atoms with Crippen LogP contribution in [0.4, 0.5) is 5.13 Å². The summed E-state index contributed by atoms with van der Waals surface area (Å²) in [7, 11) is 1.53. The van der Waals surface area contributed by atoms with Crippen LogP contribution in [0.25, 0.3) is 22.2 Å². The van der Waals surface area contributed by atoms with Gasteiger partial charge in [0.05, 0.1) is 16.8 Å². The Labute approximate surface area is 146 Å². The summed E-state index contributed by atoms with van der Waals surface area (Å²) in [6, 6.07) is 10.7. The van der Waals surface area contributed by atoms with Crippen LogP contribution in [0.3, 0.4) is 0 Å². The van der Waals surface area contributed by atoms with E-state index < -0.39 is 5.91 Å². The topological polar surface area (TPSA) is 92.7 Å². The molecule has 0 spiro atoms. The zero-order chi connectivity index (χ0) is 17.4. The van der Waals surface area contributed by atoms with Gasteiger partial charge in [-0.1, -0.05) is 18.2 Å². The van der Waals surface area contributed by atoms with Gasteiger partial charge >= 0.3 is 0 Å². The molecule has 3 aromatic heterocycles. The molecule has 8 heteroatoms. The number of nitrogens with zero attached hydrogens (tertiary/aromatic N) is 3. The summed E-state index contributed by atoms with van der Waals surface area (Å²) in [4.78, 5) is 32.3. The molecule has 2 N–H and O–H groups in total. The van der Waals surface area contributed by atoms with Crippen LogP contribution in [0.2, 0.25) is 0 Å². The molecular formula is C17H13N5O2S. The minimum absolute atomic E-state index is 0.189. The van der Waals surface area contributed by atoms with Crippen molar-refractivity contribution in [3.63, 3.8) is 0 Å². The van der Waals surface area contributed by atoms with E-state index in [1.807, 2.05) is 23.7 Å². The lowest BCUT2D eigenvalue weighted by atomic mass is 10.1. The van der Waals surface area contributed by atoms with Gasteiger partial charge < -0.3 is 4.98 Å². The van der Waals surface area contributed by atoms with Crippen LogP contribution in [0.1, 0.15) is 10.5 Å². The number of amides is 1. The quantitative estimate of drug-likeness (QED) is 0.593. The second kappa shape index (κ2) is 5.99. The van der Waals surface area contributed by atoms with Gasteiger partial charge in [-0.15, -0.1) is 11.3 Å². The van der Waals surface area contributed by atoms with Crippen molar-refractivity contribution < 1.29 is 4.79 Å². The Balaban J connectivity index is 1.69. The van der Waals surface area contributed by atoms with Crippen molar-refractivity contribution in [2.24, 2.45) is 7.05 Å². The van der Waals surface area contributed by atoms with Crippen molar-refractivity contribution in [1.82, 2.24) is 19.7 Å². The third-order valence-corrected chi connectivity index (χ3v) is 4.53. The average Bonchev–Trinajstić information content (AvgIpc) is 3.29. The van der Waals surface area contributed by atoms with Crippen LogP contribution in [-0.4, -0.2) is 25.7 Å². The molecule has 0 unspecified atom stereocenters. The van der Waals surface area contributed by atoms with Crippen LogP contribution in [0.15, 0.2) is 52.8 Å². The maximum atomic E-state index is 12.7. The van der Waals surface area contributed by atoms with E-state index in [0.717, 1.165) is 11.4 Å². The van der Waals surface area contributed by atoms with E-state index in [0.29, 0.717) is 15.9 Å². The van der Waals surface area contributed by atoms with Gasteiger partial charge in [0.2, 0.25) is 0 Å². The number of hydrogen-bond donors (Lipinski definition) is 2. The van der Waals surface area contributed by atoms with Crippen molar-refractivity contribution in [2.45, 2.75) is 0 Å². The van der Waals surface area contributed by atoms with E-state index in [9.17, 15) is 9.59 Å². The lowest BCUT2D eigenvalue weighted by Crippen LogP contribution is -2.25. The number of carbonyl (C=O) groups is 1. The van der Waals surface area contributed by atoms with Crippen LogP contribution in [0, 0.1) is 0 Å². The molecule has 0 bridgehead atoms. The van der Waals surface area contributed by atoms with E-state index in [1.165, 1.54) is 23.1 Å². The highest BCUT2D eigenvalue weighted by Gasteiger charge is 2.17. The largest absolute Gasteiger partial charge is 0.360 e. The fourth-order valence-electron chi connectivity index (χ4n) is 2.57. The minimum atomic E-state index is -0.404. The van der Waals surface area contributed by atoms with Gasteiger partial charge in [-0.05, 0) is 18.2 Å². The molecule has 4 aromatic rings. The highest BCUT2D eigenvalue weighted by Crippen LogP contribution is 2.24. The van der Waals surface area contributed by atoms with Gasteiger partial charge in [0.1, 0.15) is 0 Å². The predicted molar refractivity (Wildman–Crippen MR) is 96.8 cm³/mol. The summed E-state index contributed by atoms with van der Waals surface area (Å²) < 4.78 is 1.17. The van der Waals surface area contributed by atoms with Gasteiger partial charge in [-0.3, -0.25) is 14.9 Å². The molecule has 0 atom stereocenters. The lowest BCUT2D eigenvalue weighted by Gasteiger charge is -2.07. The Morgan fingerprint density at radius 2 is 2.00 bits per heavy atom. The van der Waals surface area contributed by atoms with Crippen LogP contribution < -0.4 is 10.9 Å². The molecule has 0 aliphatic heterocycles. The Kier molecular flexibility index (Phi) is 3.66. The average molecular weight is 351 g/mol. The normalized spacial score (nSPS) is 10.9. The monoisotopic (exact) mass is 351 g/mol. The number of benzene rings is 1. The van der Waals surface area contributed by atoms with E-state index in [-0.39, 0.29) is 11.3 Å². The first kappa shape index (κ1) is 15.3. The maximum Gasteiger partial charge on any atom is 0.278 e. The molecule has 0 saturated heterocycles. The molecule has 0 radical (unpaired) electrons. The fraction of sp³-hybridized carbons (Fsp3) is 0.0588. The fourth-order valence-corrected chi connectivity index (χ4v) is 3.27. The molecule has 3 heterocycles. The zero-order valence-electron chi connectivity index (χ0n) is 13.2. The van der Waals surface area contributed by atoms with E-state index in [1.54, 1.807) is 24.3 Å². The first-order valence-electron chi connectivity index (χ1n) is 7.50. The van der Waals surface area contributed by atoms with E-state index in [4.69, 9.17) is 0 Å². The Hall–Kier alpha value is -3.26. The predicted octanol–water partition coefficient (Wildman–Crippen LogP) is 2.64. The van der Waals surface area contributed by atoms with Crippen molar-refractivity contribution in [2.75, 3.05) is 5.32 Å². The molecule has 4 rings (SSSR count). The Morgan fingerprint density at radius 1 is 1.20 bits per heavy atom. The standard InChI is InChI=1S/C17H13N5O2S/c1-22-16(24)11-6-3-2-5-10(11)14(21-22)15(23)20-17-19-13(9-25-17)12-7-4-8-18-12/h2-9,18H,1H3,(H,19,20,23). The lowest BCUT2D eigenvalue weighted by molar-refractivity contribution is 0.102. The first-order chi connectivity index (χ1) is 12.1. The van der Waals surface area contributed by atoms with Gasteiger partial charge in [0.25, 0.3) is 11.5 Å². The highest BCUT2D eigenvalue weighted by atomic mass is 32.1. The van der Waals surface area contributed by atoms with Gasteiger partial charge in [-0.25, -0.2) is 9.67 Å².